The lowest BCUT2D eigenvalue weighted by atomic mass is 10.2. The number of benzene rings is 1. The first-order valence-corrected chi connectivity index (χ1v) is 7.61. The van der Waals surface area contributed by atoms with E-state index < -0.39 is 0 Å². The predicted octanol–water partition coefficient (Wildman–Crippen LogP) is 4.12. The third kappa shape index (κ3) is 3.85. The molecule has 0 saturated carbocycles. The SMILES string of the molecule is CCCNc1ncnc(Nc2ccc(Br)c(OC)c2)c1C. The van der Waals surface area contributed by atoms with Gasteiger partial charge in [0.15, 0.2) is 0 Å². The highest BCUT2D eigenvalue weighted by Crippen LogP contribution is 2.30. The molecule has 0 unspecified atom stereocenters. The number of nitrogens with zero attached hydrogens (tertiary/aromatic N) is 2. The molecule has 2 rings (SSSR count). The molecule has 0 aliphatic carbocycles. The van der Waals surface area contributed by atoms with Gasteiger partial charge in [-0.3, -0.25) is 0 Å². The molecule has 1 aromatic carbocycles. The van der Waals surface area contributed by atoms with Gasteiger partial charge in [0.25, 0.3) is 0 Å². The maximum absolute atomic E-state index is 5.30. The summed E-state index contributed by atoms with van der Waals surface area (Å²) in [5.41, 5.74) is 1.91. The van der Waals surface area contributed by atoms with Crippen LogP contribution in [-0.4, -0.2) is 23.6 Å². The zero-order valence-electron chi connectivity index (χ0n) is 12.4. The summed E-state index contributed by atoms with van der Waals surface area (Å²) < 4.78 is 6.22. The molecule has 0 atom stereocenters. The van der Waals surface area contributed by atoms with Gasteiger partial charge in [0.05, 0.1) is 11.6 Å². The van der Waals surface area contributed by atoms with E-state index in [1.165, 1.54) is 0 Å². The number of rotatable bonds is 6. The van der Waals surface area contributed by atoms with Gasteiger partial charge in [-0.15, -0.1) is 0 Å². The second-order valence-corrected chi connectivity index (χ2v) is 5.45. The van der Waals surface area contributed by atoms with Gasteiger partial charge < -0.3 is 15.4 Å². The van der Waals surface area contributed by atoms with Gasteiger partial charge in [-0.05, 0) is 41.4 Å². The highest BCUT2D eigenvalue weighted by atomic mass is 79.9. The fraction of sp³-hybridized carbons (Fsp3) is 0.333. The predicted molar refractivity (Wildman–Crippen MR) is 89.5 cm³/mol. The number of anilines is 3. The summed E-state index contributed by atoms with van der Waals surface area (Å²) in [6, 6.07) is 5.83. The summed E-state index contributed by atoms with van der Waals surface area (Å²) >= 11 is 3.44. The molecule has 0 spiro atoms. The maximum Gasteiger partial charge on any atom is 0.138 e. The molecule has 2 aromatic rings. The Morgan fingerprint density at radius 3 is 2.71 bits per heavy atom. The summed E-state index contributed by atoms with van der Waals surface area (Å²) in [6.45, 7) is 5.01. The van der Waals surface area contributed by atoms with Gasteiger partial charge in [-0.2, -0.15) is 0 Å². The minimum absolute atomic E-state index is 0.774. The monoisotopic (exact) mass is 350 g/mol. The van der Waals surface area contributed by atoms with Crippen molar-refractivity contribution >= 4 is 33.3 Å². The first-order valence-electron chi connectivity index (χ1n) is 6.81. The van der Waals surface area contributed by atoms with Gasteiger partial charge in [-0.1, -0.05) is 6.92 Å². The number of hydrogen-bond acceptors (Lipinski definition) is 5. The van der Waals surface area contributed by atoms with E-state index in [0.717, 1.165) is 46.1 Å². The van der Waals surface area contributed by atoms with Crippen molar-refractivity contribution in [2.24, 2.45) is 0 Å². The van der Waals surface area contributed by atoms with Crippen molar-refractivity contribution in [2.75, 3.05) is 24.3 Å². The molecule has 21 heavy (non-hydrogen) atoms. The fourth-order valence-corrected chi connectivity index (χ4v) is 2.28. The van der Waals surface area contributed by atoms with Crippen LogP contribution in [0.4, 0.5) is 17.3 Å². The molecule has 5 nitrogen and oxygen atoms in total. The van der Waals surface area contributed by atoms with Crippen LogP contribution in [0.3, 0.4) is 0 Å². The largest absolute Gasteiger partial charge is 0.495 e. The van der Waals surface area contributed by atoms with Crippen LogP contribution in [0.2, 0.25) is 0 Å². The normalized spacial score (nSPS) is 10.3. The van der Waals surface area contributed by atoms with Crippen LogP contribution in [0.5, 0.6) is 5.75 Å². The average Bonchev–Trinajstić information content (AvgIpc) is 2.50. The Kier molecular flexibility index (Phi) is 5.38. The first kappa shape index (κ1) is 15.6. The van der Waals surface area contributed by atoms with Crippen LogP contribution in [0, 0.1) is 6.92 Å². The molecule has 0 radical (unpaired) electrons. The minimum atomic E-state index is 0.774. The molecule has 0 amide bonds. The smallest absolute Gasteiger partial charge is 0.138 e. The quantitative estimate of drug-likeness (QED) is 0.820. The average molecular weight is 351 g/mol. The van der Waals surface area contributed by atoms with E-state index in [1.54, 1.807) is 13.4 Å². The standard InChI is InChI=1S/C15H19BrN4O/c1-4-7-17-14-10(2)15(19-9-18-14)20-11-5-6-12(16)13(8-11)21-3/h5-6,8-9H,4,7H2,1-3H3,(H2,17,18,19,20). The molecule has 1 heterocycles. The van der Waals surface area contributed by atoms with E-state index in [4.69, 9.17) is 4.74 Å². The van der Waals surface area contributed by atoms with Crippen LogP contribution in [-0.2, 0) is 0 Å². The van der Waals surface area contributed by atoms with E-state index in [1.807, 2.05) is 25.1 Å². The number of ether oxygens (including phenoxy) is 1. The summed E-state index contributed by atoms with van der Waals surface area (Å²) in [4.78, 5) is 8.58. The van der Waals surface area contributed by atoms with Crippen LogP contribution >= 0.6 is 15.9 Å². The van der Waals surface area contributed by atoms with Crippen LogP contribution in [0.15, 0.2) is 29.0 Å². The second kappa shape index (κ2) is 7.26. The minimum Gasteiger partial charge on any atom is -0.495 e. The van der Waals surface area contributed by atoms with Gasteiger partial charge in [-0.25, -0.2) is 9.97 Å². The Labute approximate surface area is 133 Å². The molecule has 0 bridgehead atoms. The number of aromatic nitrogens is 2. The van der Waals surface area contributed by atoms with Crippen molar-refractivity contribution in [3.63, 3.8) is 0 Å². The molecule has 0 aliphatic heterocycles. The maximum atomic E-state index is 5.30. The summed E-state index contributed by atoms with van der Waals surface area (Å²) in [7, 11) is 1.65. The fourth-order valence-electron chi connectivity index (χ4n) is 1.87. The lowest BCUT2D eigenvalue weighted by Crippen LogP contribution is -2.07. The Morgan fingerprint density at radius 1 is 1.24 bits per heavy atom. The number of methoxy groups -OCH3 is 1. The van der Waals surface area contributed by atoms with Gasteiger partial charge in [0.2, 0.25) is 0 Å². The topological polar surface area (TPSA) is 59.1 Å². The Hall–Kier alpha value is -1.82. The Bertz CT molecular complexity index is 619. The molecule has 2 N–H and O–H groups in total. The summed E-state index contributed by atoms with van der Waals surface area (Å²) in [5, 5.41) is 6.60. The van der Waals surface area contributed by atoms with Crippen LogP contribution in [0.25, 0.3) is 0 Å². The van der Waals surface area contributed by atoms with E-state index in [9.17, 15) is 0 Å². The zero-order chi connectivity index (χ0) is 15.2. The number of halogens is 1. The zero-order valence-corrected chi connectivity index (χ0v) is 14.0. The molecule has 0 fully saturated rings. The molecular weight excluding hydrogens is 332 g/mol. The van der Waals surface area contributed by atoms with Crippen molar-refractivity contribution in [3.8, 4) is 5.75 Å². The van der Waals surface area contributed by atoms with Crippen LogP contribution < -0.4 is 15.4 Å². The van der Waals surface area contributed by atoms with E-state index in [-0.39, 0.29) is 0 Å². The highest BCUT2D eigenvalue weighted by Gasteiger charge is 2.08. The Morgan fingerprint density at radius 2 is 2.00 bits per heavy atom. The van der Waals surface area contributed by atoms with Crippen molar-refractivity contribution in [1.29, 1.82) is 0 Å². The first-order chi connectivity index (χ1) is 10.2. The molecule has 6 heteroatoms. The van der Waals surface area contributed by atoms with Gasteiger partial charge in [0, 0.05) is 23.9 Å². The van der Waals surface area contributed by atoms with E-state index in [2.05, 4.69) is 43.5 Å². The summed E-state index contributed by atoms with van der Waals surface area (Å²) in [6.07, 6.45) is 2.61. The lowest BCUT2D eigenvalue weighted by molar-refractivity contribution is 0.412. The van der Waals surface area contributed by atoms with Crippen molar-refractivity contribution < 1.29 is 4.74 Å². The highest BCUT2D eigenvalue weighted by molar-refractivity contribution is 9.10. The van der Waals surface area contributed by atoms with E-state index in [0.29, 0.717) is 0 Å². The molecule has 112 valence electrons. The molecule has 0 saturated heterocycles. The number of nitrogens with one attached hydrogen (secondary N) is 2. The third-order valence-corrected chi connectivity index (χ3v) is 3.70. The van der Waals surface area contributed by atoms with Gasteiger partial charge in [0.1, 0.15) is 23.7 Å². The van der Waals surface area contributed by atoms with Crippen molar-refractivity contribution in [1.82, 2.24) is 9.97 Å². The van der Waals surface area contributed by atoms with Crippen LogP contribution in [0.1, 0.15) is 18.9 Å². The molecule has 0 aliphatic rings. The van der Waals surface area contributed by atoms with Gasteiger partial charge >= 0.3 is 0 Å². The van der Waals surface area contributed by atoms with Crippen molar-refractivity contribution in [3.05, 3.63) is 34.6 Å². The molecular formula is C15H19BrN4O. The Balaban J connectivity index is 2.23. The summed E-state index contributed by atoms with van der Waals surface area (Å²) in [5.74, 6) is 2.42. The third-order valence-electron chi connectivity index (χ3n) is 3.04. The number of hydrogen-bond donors (Lipinski definition) is 2. The lowest BCUT2D eigenvalue weighted by Gasteiger charge is -2.13. The van der Waals surface area contributed by atoms with E-state index >= 15 is 0 Å². The molecule has 1 aromatic heterocycles. The van der Waals surface area contributed by atoms with Crippen molar-refractivity contribution in [2.45, 2.75) is 20.3 Å². The second-order valence-electron chi connectivity index (χ2n) is 4.60.